The molecule has 0 unspecified atom stereocenters. The summed E-state index contributed by atoms with van der Waals surface area (Å²) in [7, 11) is -3.43. The highest BCUT2D eigenvalue weighted by molar-refractivity contribution is 7.92. The first-order valence-corrected chi connectivity index (χ1v) is 9.32. The number of rotatable bonds is 4. The first-order valence-electron chi connectivity index (χ1n) is 7.78. The number of benzene rings is 2. The van der Waals surface area contributed by atoms with Gasteiger partial charge in [0.1, 0.15) is 5.82 Å². The molecule has 1 heterocycles. The first-order chi connectivity index (χ1) is 11.5. The number of sulfone groups is 1. The van der Waals surface area contributed by atoms with Gasteiger partial charge in [0.05, 0.1) is 16.6 Å². The lowest BCUT2D eigenvalue weighted by Crippen LogP contribution is -2.32. The number of hydrogen-bond acceptors (Lipinski definition) is 3. The van der Waals surface area contributed by atoms with Crippen molar-refractivity contribution in [2.45, 2.75) is 23.0 Å². The van der Waals surface area contributed by atoms with Crippen LogP contribution >= 0.6 is 0 Å². The van der Waals surface area contributed by atoms with Crippen molar-refractivity contribution >= 4 is 15.7 Å². The molecule has 2 aromatic rings. The summed E-state index contributed by atoms with van der Waals surface area (Å²) in [4.78, 5) is 14.2. The standard InChI is InChI=1S/C18H18FNO3S/c19-15-8-6-14(7-9-15)12-18(21)20-11-10-17(13-20)24(22,23)16-4-2-1-3-5-16/h1-9,17H,10-13H2/t17-/m0/s1. The van der Waals surface area contributed by atoms with Crippen LogP contribution in [0.25, 0.3) is 0 Å². The largest absolute Gasteiger partial charge is 0.341 e. The van der Waals surface area contributed by atoms with Crippen LogP contribution in [0.1, 0.15) is 12.0 Å². The zero-order valence-electron chi connectivity index (χ0n) is 13.1. The van der Waals surface area contributed by atoms with E-state index in [0.29, 0.717) is 17.9 Å². The molecule has 1 aliphatic rings. The number of nitrogens with zero attached hydrogens (tertiary/aromatic N) is 1. The van der Waals surface area contributed by atoms with E-state index in [1.165, 1.54) is 12.1 Å². The molecule has 0 aliphatic carbocycles. The lowest BCUT2D eigenvalue weighted by molar-refractivity contribution is -0.129. The van der Waals surface area contributed by atoms with Crippen LogP contribution in [0.5, 0.6) is 0 Å². The normalized spacial score (nSPS) is 17.9. The van der Waals surface area contributed by atoms with Crippen LogP contribution in [0.15, 0.2) is 59.5 Å². The van der Waals surface area contributed by atoms with E-state index in [4.69, 9.17) is 0 Å². The van der Waals surface area contributed by atoms with Gasteiger partial charge in [0.2, 0.25) is 5.91 Å². The fraction of sp³-hybridized carbons (Fsp3) is 0.278. The Morgan fingerprint density at radius 2 is 1.75 bits per heavy atom. The predicted octanol–water partition coefficient (Wildman–Crippen LogP) is 2.44. The van der Waals surface area contributed by atoms with E-state index in [1.807, 2.05) is 0 Å². The lowest BCUT2D eigenvalue weighted by atomic mass is 10.1. The molecule has 0 bridgehead atoms. The van der Waals surface area contributed by atoms with Crippen LogP contribution in [0, 0.1) is 5.82 Å². The fourth-order valence-electron chi connectivity index (χ4n) is 2.90. The van der Waals surface area contributed by atoms with Crippen molar-refractivity contribution in [1.82, 2.24) is 4.90 Å². The molecule has 4 nitrogen and oxygen atoms in total. The van der Waals surface area contributed by atoms with Gasteiger partial charge in [-0.3, -0.25) is 4.79 Å². The number of halogens is 1. The minimum Gasteiger partial charge on any atom is -0.341 e. The Morgan fingerprint density at radius 1 is 1.08 bits per heavy atom. The van der Waals surface area contributed by atoms with Crippen molar-refractivity contribution < 1.29 is 17.6 Å². The molecule has 0 radical (unpaired) electrons. The Balaban J connectivity index is 1.66. The SMILES string of the molecule is O=C(Cc1ccc(F)cc1)N1CC[C@H](S(=O)(=O)c2ccccc2)C1. The number of carbonyl (C=O) groups excluding carboxylic acids is 1. The maximum Gasteiger partial charge on any atom is 0.227 e. The van der Waals surface area contributed by atoms with Crippen molar-refractivity contribution in [3.63, 3.8) is 0 Å². The van der Waals surface area contributed by atoms with Crippen molar-refractivity contribution in [2.24, 2.45) is 0 Å². The van der Waals surface area contributed by atoms with Gasteiger partial charge in [-0.25, -0.2) is 12.8 Å². The Hall–Kier alpha value is -2.21. The van der Waals surface area contributed by atoms with Crippen molar-refractivity contribution in [3.05, 3.63) is 66.0 Å². The molecule has 6 heteroatoms. The van der Waals surface area contributed by atoms with Crippen molar-refractivity contribution in [3.8, 4) is 0 Å². The van der Waals surface area contributed by atoms with E-state index >= 15 is 0 Å². The maximum absolute atomic E-state index is 12.9. The van der Waals surface area contributed by atoms with Crippen molar-refractivity contribution in [1.29, 1.82) is 0 Å². The highest BCUT2D eigenvalue weighted by atomic mass is 32.2. The van der Waals surface area contributed by atoms with E-state index < -0.39 is 15.1 Å². The van der Waals surface area contributed by atoms with Gasteiger partial charge in [-0.15, -0.1) is 0 Å². The summed E-state index contributed by atoms with van der Waals surface area (Å²) in [5.41, 5.74) is 0.718. The Bertz CT molecular complexity index is 819. The average Bonchev–Trinajstić information content (AvgIpc) is 3.09. The predicted molar refractivity (Wildman–Crippen MR) is 88.7 cm³/mol. The summed E-state index contributed by atoms with van der Waals surface area (Å²) in [6, 6.07) is 14.1. The Kier molecular flexibility index (Phi) is 4.66. The van der Waals surface area contributed by atoms with Gasteiger partial charge < -0.3 is 4.90 Å². The number of carbonyl (C=O) groups is 1. The number of likely N-dealkylation sites (tertiary alicyclic amines) is 1. The molecule has 24 heavy (non-hydrogen) atoms. The van der Waals surface area contributed by atoms with Crippen LogP contribution < -0.4 is 0 Å². The molecule has 1 atom stereocenters. The molecular formula is C18H18FNO3S. The average molecular weight is 347 g/mol. The van der Waals surface area contributed by atoms with Gasteiger partial charge in [0, 0.05) is 13.1 Å². The van der Waals surface area contributed by atoms with Gasteiger partial charge in [-0.1, -0.05) is 30.3 Å². The number of amides is 1. The summed E-state index contributed by atoms with van der Waals surface area (Å²) < 4.78 is 38.1. The molecule has 3 rings (SSSR count). The second-order valence-electron chi connectivity index (χ2n) is 5.91. The molecule has 0 saturated carbocycles. The van der Waals surface area contributed by atoms with Crippen molar-refractivity contribution in [2.75, 3.05) is 13.1 Å². The highest BCUT2D eigenvalue weighted by Gasteiger charge is 2.35. The van der Waals surface area contributed by atoms with Gasteiger partial charge >= 0.3 is 0 Å². The van der Waals surface area contributed by atoms with Gasteiger partial charge in [-0.2, -0.15) is 0 Å². The minimum atomic E-state index is -3.43. The highest BCUT2D eigenvalue weighted by Crippen LogP contribution is 2.24. The third-order valence-electron chi connectivity index (χ3n) is 4.28. The minimum absolute atomic E-state index is 0.132. The monoisotopic (exact) mass is 347 g/mol. The summed E-state index contributed by atoms with van der Waals surface area (Å²) >= 11 is 0. The lowest BCUT2D eigenvalue weighted by Gasteiger charge is -2.17. The molecule has 2 aromatic carbocycles. The summed E-state index contributed by atoms with van der Waals surface area (Å²) in [5.74, 6) is -0.478. The zero-order chi connectivity index (χ0) is 17.2. The summed E-state index contributed by atoms with van der Waals surface area (Å²) in [6.45, 7) is 0.633. The molecule has 1 amide bonds. The molecule has 1 saturated heterocycles. The topological polar surface area (TPSA) is 54.5 Å². The first kappa shape index (κ1) is 16.6. The third kappa shape index (κ3) is 3.48. The van der Waals surface area contributed by atoms with E-state index in [-0.39, 0.29) is 24.7 Å². The van der Waals surface area contributed by atoms with E-state index in [1.54, 1.807) is 47.4 Å². The molecule has 0 spiro atoms. The Morgan fingerprint density at radius 3 is 2.42 bits per heavy atom. The molecule has 126 valence electrons. The molecular weight excluding hydrogens is 329 g/mol. The smallest absolute Gasteiger partial charge is 0.227 e. The number of hydrogen-bond donors (Lipinski definition) is 0. The quantitative estimate of drug-likeness (QED) is 0.854. The molecule has 1 fully saturated rings. The molecule has 1 aliphatic heterocycles. The Labute approximate surface area is 140 Å². The maximum atomic E-state index is 12.9. The molecule has 0 aromatic heterocycles. The fourth-order valence-corrected chi connectivity index (χ4v) is 4.61. The summed E-state index contributed by atoms with van der Waals surface area (Å²) in [6.07, 6.45) is 0.588. The van der Waals surface area contributed by atoms with Crippen LogP contribution in [0.4, 0.5) is 4.39 Å². The van der Waals surface area contributed by atoms with Crippen LogP contribution in [-0.4, -0.2) is 37.6 Å². The van der Waals surface area contributed by atoms with Gasteiger partial charge in [0.25, 0.3) is 0 Å². The van der Waals surface area contributed by atoms with Crippen LogP contribution in [0.3, 0.4) is 0 Å². The van der Waals surface area contributed by atoms with Crippen LogP contribution in [-0.2, 0) is 21.1 Å². The second-order valence-corrected chi connectivity index (χ2v) is 8.14. The third-order valence-corrected chi connectivity index (χ3v) is 6.47. The molecule has 0 N–H and O–H groups in total. The van der Waals surface area contributed by atoms with Crippen LogP contribution in [0.2, 0.25) is 0 Å². The zero-order valence-corrected chi connectivity index (χ0v) is 13.9. The van der Waals surface area contributed by atoms with Gasteiger partial charge in [-0.05, 0) is 36.2 Å². The summed E-state index contributed by atoms with van der Waals surface area (Å²) in [5, 5.41) is -0.572. The van der Waals surface area contributed by atoms with E-state index in [2.05, 4.69) is 0 Å². The van der Waals surface area contributed by atoms with E-state index in [0.717, 1.165) is 5.56 Å². The van der Waals surface area contributed by atoms with Gasteiger partial charge in [0.15, 0.2) is 9.84 Å². The van der Waals surface area contributed by atoms with E-state index in [9.17, 15) is 17.6 Å². The second kappa shape index (κ2) is 6.73.